The maximum atomic E-state index is 12.1. The molecule has 0 fully saturated rings. The maximum Gasteiger partial charge on any atom is 0.271 e. The highest BCUT2D eigenvalue weighted by Crippen LogP contribution is 2.10. The number of amides is 1. The van der Waals surface area contributed by atoms with Crippen LogP contribution in [0.5, 0.6) is 0 Å². The molecular weight excluding hydrogens is 312 g/mol. The van der Waals surface area contributed by atoms with Crippen LogP contribution >= 0.6 is 11.6 Å². The zero-order chi connectivity index (χ0) is 16.7. The molecule has 0 radical (unpaired) electrons. The molecule has 0 saturated carbocycles. The van der Waals surface area contributed by atoms with E-state index >= 15 is 0 Å². The third-order valence-corrected chi connectivity index (χ3v) is 3.84. The highest BCUT2D eigenvalue weighted by molar-refractivity contribution is 6.30. The number of carbonyl (C=O) groups excluding carboxylic acids is 1. The maximum absolute atomic E-state index is 12.1. The lowest BCUT2D eigenvalue weighted by atomic mass is 10.1. The highest BCUT2D eigenvalue weighted by atomic mass is 35.5. The molecule has 1 aromatic heterocycles. The number of hydrogen-bond donors (Lipinski definition) is 1. The average Bonchev–Trinajstić information content (AvgIpc) is 2.58. The lowest BCUT2D eigenvalue weighted by Gasteiger charge is -2.18. The van der Waals surface area contributed by atoms with Gasteiger partial charge in [0.2, 0.25) is 0 Å². The summed E-state index contributed by atoms with van der Waals surface area (Å²) in [5, 5.41) is 11.7. The number of carbonyl (C=O) groups is 1. The van der Waals surface area contributed by atoms with Gasteiger partial charge in [0.25, 0.3) is 5.91 Å². The summed E-state index contributed by atoms with van der Waals surface area (Å²) in [4.78, 5) is 14.1. The van der Waals surface area contributed by atoms with E-state index in [-0.39, 0.29) is 5.91 Å². The Hall–Kier alpha value is -2.14. The van der Waals surface area contributed by atoms with E-state index in [1.165, 1.54) is 0 Å². The largest absolute Gasteiger partial charge is 0.356 e. The highest BCUT2D eigenvalue weighted by Gasteiger charge is 2.09. The molecule has 0 unspecified atom stereocenters. The second-order valence-electron chi connectivity index (χ2n) is 5.08. The van der Waals surface area contributed by atoms with Gasteiger partial charge in [0.1, 0.15) is 0 Å². The fourth-order valence-corrected chi connectivity index (χ4v) is 2.35. The van der Waals surface area contributed by atoms with E-state index in [2.05, 4.69) is 34.3 Å². The number of benzene rings is 1. The van der Waals surface area contributed by atoms with Gasteiger partial charge in [-0.15, -0.1) is 10.2 Å². The van der Waals surface area contributed by atoms with E-state index < -0.39 is 0 Å². The number of aromatic nitrogens is 2. The van der Waals surface area contributed by atoms with Crippen molar-refractivity contribution in [1.29, 1.82) is 0 Å². The summed E-state index contributed by atoms with van der Waals surface area (Å²) in [6.45, 7) is 6.38. The first kappa shape index (κ1) is 17.2. The fraction of sp³-hybridized carbons (Fsp3) is 0.353. The lowest BCUT2D eigenvalue weighted by molar-refractivity contribution is 0.0948. The number of nitrogens with one attached hydrogen (secondary N) is 1. The molecule has 1 N–H and O–H groups in total. The summed E-state index contributed by atoms with van der Waals surface area (Å²) in [6.07, 6.45) is 0.744. The molecule has 0 spiro atoms. The van der Waals surface area contributed by atoms with Gasteiger partial charge in [-0.25, -0.2) is 0 Å². The Morgan fingerprint density at radius 1 is 1.09 bits per heavy atom. The van der Waals surface area contributed by atoms with Gasteiger partial charge in [0.15, 0.2) is 11.5 Å². The number of rotatable bonds is 7. The molecule has 6 heteroatoms. The molecule has 5 nitrogen and oxygen atoms in total. The normalized spacial score (nSPS) is 10.4. The summed E-state index contributed by atoms with van der Waals surface area (Å²) in [7, 11) is 0. The molecule has 1 heterocycles. The minimum atomic E-state index is -0.211. The molecule has 0 atom stereocenters. The van der Waals surface area contributed by atoms with Crippen molar-refractivity contribution in [3.63, 3.8) is 0 Å². The molecule has 1 aromatic carbocycles. The lowest BCUT2D eigenvalue weighted by Crippen LogP contribution is -2.28. The smallest absolute Gasteiger partial charge is 0.271 e. The molecular formula is C17H21ClN4O. The molecule has 2 aromatic rings. The van der Waals surface area contributed by atoms with Crippen LogP contribution in [0.1, 0.15) is 29.9 Å². The number of hydrogen-bond acceptors (Lipinski definition) is 4. The first-order valence-electron chi connectivity index (χ1n) is 7.75. The summed E-state index contributed by atoms with van der Waals surface area (Å²) in [6, 6.07) is 11.1. The second kappa shape index (κ2) is 8.48. The van der Waals surface area contributed by atoms with Gasteiger partial charge in [-0.05, 0) is 50.1 Å². The van der Waals surface area contributed by atoms with Crippen LogP contribution in [0.3, 0.4) is 0 Å². The first-order chi connectivity index (χ1) is 11.1. The monoisotopic (exact) mass is 332 g/mol. The summed E-state index contributed by atoms with van der Waals surface area (Å²) in [5.41, 5.74) is 1.45. The van der Waals surface area contributed by atoms with Gasteiger partial charge in [-0.1, -0.05) is 23.7 Å². The van der Waals surface area contributed by atoms with Crippen LogP contribution in [-0.4, -0.2) is 35.7 Å². The van der Waals surface area contributed by atoms with Crippen LogP contribution in [0.25, 0.3) is 0 Å². The quantitative estimate of drug-likeness (QED) is 0.847. The predicted molar refractivity (Wildman–Crippen MR) is 93.1 cm³/mol. The molecule has 0 aliphatic rings. The number of anilines is 1. The van der Waals surface area contributed by atoms with Crippen LogP contribution in [0, 0.1) is 0 Å². The Morgan fingerprint density at radius 2 is 1.78 bits per heavy atom. The van der Waals surface area contributed by atoms with Crippen molar-refractivity contribution in [1.82, 2.24) is 15.5 Å². The van der Waals surface area contributed by atoms with Gasteiger partial charge in [0, 0.05) is 24.7 Å². The van der Waals surface area contributed by atoms with Gasteiger partial charge in [-0.3, -0.25) is 4.79 Å². The Kier molecular flexibility index (Phi) is 6.35. The van der Waals surface area contributed by atoms with Crippen molar-refractivity contribution < 1.29 is 4.79 Å². The topological polar surface area (TPSA) is 58.1 Å². The van der Waals surface area contributed by atoms with Crippen molar-refractivity contribution in [3.05, 3.63) is 52.7 Å². The van der Waals surface area contributed by atoms with Gasteiger partial charge < -0.3 is 10.2 Å². The zero-order valence-electron chi connectivity index (χ0n) is 13.4. The minimum absolute atomic E-state index is 0.211. The molecule has 0 aliphatic carbocycles. The van der Waals surface area contributed by atoms with Crippen LogP contribution in [0.15, 0.2) is 36.4 Å². The zero-order valence-corrected chi connectivity index (χ0v) is 14.2. The number of halogens is 1. The number of nitrogens with zero attached hydrogens (tertiary/aromatic N) is 3. The molecule has 2 rings (SSSR count). The van der Waals surface area contributed by atoms with Gasteiger partial charge >= 0.3 is 0 Å². The molecule has 0 aliphatic heterocycles. The van der Waals surface area contributed by atoms with Crippen molar-refractivity contribution >= 4 is 23.3 Å². The predicted octanol–water partition coefficient (Wildman–Crippen LogP) is 2.95. The van der Waals surface area contributed by atoms with Crippen molar-refractivity contribution in [2.24, 2.45) is 0 Å². The van der Waals surface area contributed by atoms with E-state index in [1.54, 1.807) is 6.07 Å². The summed E-state index contributed by atoms with van der Waals surface area (Å²) in [5.74, 6) is 0.574. The average molecular weight is 333 g/mol. The van der Waals surface area contributed by atoms with E-state index in [9.17, 15) is 4.79 Å². The SMILES string of the molecule is CCN(CC)c1ccc(C(=O)NCCc2ccc(Cl)cc2)nn1. The fourth-order valence-electron chi connectivity index (χ4n) is 2.22. The minimum Gasteiger partial charge on any atom is -0.356 e. The Morgan fingerprint density at radius 3 is 2.35 bits per heavy atom. The molecule has 1 amide bonds. The van der Waals surface area contributed by atoms with Crippen molar-refractivity contribution in [2.45, 2.75) is 20.3 Å². The van der Waals surface area contributed by atoms with Gasteiger partial charge in [-0.2, -0.15) is 0 Å². The molecule has 23 heavy (non-hydrogen) atoms. The standard InChI is InChI=1S/C17H21ClN4O/c1-3-22(4-2)16-10-9-15(20-21-16)17(23)19-12-11-13-5-7-14(18)8-6-13/h5-10H,3-4,11-12H2,1-2H3,(H,19,23). The molecule has 122 valence electrons. The van der Waals surface area contributed by atoms with Crippen molar-refractivity contribution in [3.8, 4) is 0 Å². The third-order valence-electron chi connectivity index (χ3n) is 3.58. The first-order valence-corrected chi connectivity index (χ1v) is 8.13. The van der Waals surface area contributed by atoms with Gasteiger partial charge in [0.05, 0.1) is 0 Å². The van der Waals surface area contributed by atoms with E-state index in [1.807, 2.05) is 30.3 Å². The Bertz CT molecular complexity index is 624. The van der Waals surface area contributed by atoms with E-state index in [0.29, 0.717) is 17.3 Å². The van der Waals surface area contributed by atoms with Crippen LogP contribution in [-0.2, 0) is 6.42 Å². The third kappa shape index (κ3) is 4.93. The van der Waals surface area contributed by atoms with Crippen LogP contribution < -0.4 is 10.2 Å². The van der Waals surface area contributed by atoms with Crippen LogP contribution in [0.4, 0.5) is 5.82 Å². The Labute approximate surface area is 141 Å². The second-order valence-corrected chi connectivity index (χ2v) is 5.52. The molecule has 0 saturated heterocycles. The van der Waals surface area contributed by atoms with E-state index in [0.717, 1.165) is 30.9 Å². The van der Waals surface area contributed by atoms with Crippen molar-refractivity contribution in [2.75, 3.05) is 24.5 Å². The molecule has 0 bridgehead atoms. The Balaban J connectivity index is 1.86. The summed E-state index contributed by atoms with van der Waals surface area (Å²) >= 11 is 5.84. The van der Waals surface area contributed by atoms with E-state index in [4.69, 9.17) is 11.6 Å². The summed E-state index contributed by atoms with van der Waals surface area (Å²) < 4.78 is 0. The van der Waals surface area contributed by atoms with Crippen LogP contribution in [0.2, 0.25) is 5.02 Å².